The Morgan fingerprint density at radius 2 is 1.72 bits per heavy atom. The molecule has 0 saturated carbocycles. The summed E-state index contributed by atoms with van der Waals surface area (Å²) in [5, 5.41) is 0. The van der Waals surface area contributed by atoms with E-state index in [1.807, 2.05) is 0 Å². The van der Waals surface area contributed by atoms with Gasteiger partial charge in [0.1, 0.15) is 0 Å². The average Bonchev–Trinajstić information content (AvgIpc) is 2.40. The summed E-state index contributed by atoms with van der Waals surface area (Å²) >= 11 is 0. The molecule has 0 bridgehead atoms. The van der Waals surface area contributed by atoms with Gasteiger partial charge in [-0.25, -0.2) is 8.42 Å². The summed E-state index contributed by atoms with van der Waals surface area (Å²) in [6.07, 6.45) is 0. The molecule has 0 spiro atoms. The molecule has 2 rings (SSSR count). The predicted molar refractivity (Wildman–Crippen MR) is 63.9 cm³/mol. The van der Waals surface area contributed by atoms with Crippen LogP contribution in [0.1, 0.15) is 5.56 Å². The summed E-state index contributed by atoms with van der Waals surface area (Å²) in [5.74, 6) is 0. The highest BCUT2D eigenvalue weighted by molar-refractivity contribution is 7.89. The summed E-state index contributed by atoms with van der Waals surface area (Å²) in [6, 6.07) is 6.70. The van der Waals surface area contributed by atoms with Gasteiger partial charge >= 0.3 is 0 Å². The number of rotatable bonds is 3. The number of hydrogen-bond donors (Lipinski definition) is 1. The monoisotopic (exact) mass is 291 g/mol. The van der Waals surface area contributed by atoms with Crippen molar-refractivity contribution in [1.82, 2.24) is 4.31 Å². The van der Waals surface area contributed by atoms with E-state index in [4.69, 9.17) is 10.5 Å². The molecule has 0 radical (unpaired) electrons. The van der Waals surface area contributed by atoms with Crippen LogP contribution in [0.3, 0.4) is 0 Å². The number of halogens is 1. The number of hydrogen-bond acceptors (Lipinski definition) is 4. The molecule has 1 aliphatic rings. The Labute approximate surface area is 113 Å². The minimum atomic E-state index is -3.37. The van der Waals surface area contributed by atoms with Crippen molar-refractivity contribution in [2.45, 2.75) is 11.4 Å². The molecule has 0 aromatic heterocycles. The number of ether oxygens (including phenoxy) is 1. The third-order valence-corrected chi connectivity index (χ3v) is 4.68. The van der Waals surface area contributed by atoms with Crippen molar-refractivity contribution in [3.05, 3.63) is 29.8 Å². The summed E-state index contributed by atoms with van der Waals surface area (Å²) in [4.78, 5) is 0.316. The lowest BCUT2D eigenvalue weighted by molar-refractivity contribution is -0.00000646. The molecule has 5 nitrogen and oxygen atoms in total. The van der Waals surface area contributed by atoms with E-state index in [-0.39, 0.29) is 12.4 Å². The number of nitrogens with zero attached hydrogens (tertiary/aromatic N) is 1. The van der Waals surface area contributed by atoms with Crippen LogP contribution in [0.4, 0.5) is 0 Å². The summed E-state index contributed by atoms with van der Waals surface area (Å²) in [6.45, 7) is 2.17. The van der Waals surface area contributed by atoms with E-state index in [0.717, 1.165) is 5.56 Å². The lowest BCUT2D eigenvalue weighted by Crippen LogP contribution is -3.00. The molecule has 1 aromatic carbocycles. The minimum absolute atomic E-state index is 0. The topological polar surface area (TPSA) is 72.6 Å². The molecule has 1 saturated heterocycles. The Balaban J connectivity index is 0.00000162. The smallest absolute Gasteiger partial charge is 0.243 e. The molecule has 1 aromatic rings. The number of nitrogens with two attached hydrogens (primary N) is 1. The fraction of sp³-hybridized carbons (Fsp3) is 0.455. The summed E-state index contributed by atoms with van der Waals surface area (Å²) in [7, 11) is -3.37. The molecule has 1 fully saturated rings. The van der Waals surface area contributed by atoms with Crippen LogP contribution >= 0.6 is 0 Å². The van der Waals surface area contributed by atoms with Gasteiger partial charge in [-0.3, -0.25) is 0 Å². The zero-order valence-electron chi connectivity index (χ0n) is 9.88. The number of sulfonamides is 1. The Bertz CT molecular complexity index is 470. The predicted octanol–water partition coefficient (Wildman–Crippen LogP) is -2.83. The van der Waals surface area contributed by atoms with Gasteiger partial charge in [0.25, 0.3) is 0 Å². The lowest BCUT2D eigenvalue weighted by atomic mass is 10.2. The van der Waals surface area contributed by atoms with E-state index in [1.165, 1.54) is 4.31 Å². The van der Waals surface area contributed by atoms with Gasteiger partial charge in [0.15, 0.2) is 0 Å². The Morgan fingerprint density at radius 1 is 1.17 bits per heavy atom. The van der Waals surface area contributed by atoms with Crippen molar-refractivity contribution in [3.63, 3.8) is 0 Å². The van der Waals surface area contributed by atoms with E-state index in [9.17, 15) is 8.42 Å². The van der Waals surface area contributed by atoms with Crippen LogP contribution in [0.2, 0.25) is 0 Å². The third-order valence-electron chi connectivity index (χ3n) is 2.77. The fourth-order valence-corrected chi connectivity index (χ4v) is 3.14. The largest absolute Gasteiger partial charge is 1.00 e. The SMILES string of the molecule is NCc1ccc(S(=O)(=O)N2CCOCC2)cc1.[Cl-]. The van der Waals surface area contributed by atoms with Crippen LogP contribution in [0.15, 0.2) is 29.2 Å². The molecule has 7 heteroatoms. The highest BCUT2D eigenvalue weighted by Crippen LogP contribution is 2.17. The van der Waals surface area contributed by atoms with Gasteiger partial charge in [-0.15, -0.1) is 0 Å². The van der Waals surface area contributed by atoms with Gasteiger partial charge in [-0.2, -0.15) is 4.31 Å². The molecule has 1 aliphatic heterocycles. The number of benzene rings is 1. The second kappa shape index (κ2) is 6.49. The van der Waals surface area contributed by atoms with Gasteiger partial charge in [-0.1, -0.05) is 12.1 Å². The molecule has 0 unspecified atom stereocenters. The van der Waals surface area contributed by atoms with Crippen LogP contribution in [0.5, 0.6) is 0 Å². The fourth-order valence-electron chi connectivity index (χ4n) is 1.73. The molecule has 0 atom stereocenters. The van der Waals surface area contributed by atoms with Crippen molar-refractivity contribution in [3.8, 4) is 0 Å². The van der Waals surface area contributed by atoms with Crippen LogP contribution in [-0.2, 0) is 21.3 Å². The second-order valence-corrected chi connectivity index (χ2v) is 5.80. The van der Waals surface area contributed by atoms with Crippen molar-refractivity contribution in [1.29, 1.82) is 0 Å². The molecule has 1 heterocycles. The average molecular weight is 292 g/mol. The quantitative estimate of drug-likeness (QED) is 0.652. The lowest BCUT2D eigenvalue weighted by Gasteiger charge is -2.26. The van der Waals surface area contributed by atoms with Crippen LogP contribution in [0, 0.1) is 0 Å². The first-order valence-corrected chi connectivity index (χ1v) is 6.95. The molecule has 2 N–H and O–H groups in total. The maximum atomic E-state index is 12.2. The molecular weight excluding hydrogens is 276 g/mol. The molecular formula is C11H16ClN2O3S-. The van der Waals surface area contributed by atoms with Gasteiger partial charge in [0.05, 0.1) is 18.1 Å². The molecule has 18 heavy (non-hydrogen) atoms. The first-order valence-electron chi connectivity index (χ1n) is 5.51. The molecule has 0 amide bonds. The van der Waals surface area contributed by atoms with E-state index in [1.54, 1.807) is 24.3 Å². The van der Waals surface area contributed by atoms with Crippen molar-refractivity contribution < 1.29 is 25.6 Å². The summed E-state index contributed by atoms with van der Waals surface area (Å²) in [5.41, 5.74) is 6.40. The third kappa shape index (κ3) is 3.21. The summed E-state index contributed by atoms with van der Waals surface area (Å²) < 4.78 is 31.0. The van der Waals surface area contributed by atoms with Crippen molar-refractivity contribution in [2.75, 3.05) is 26.3 Å². The van der Waals surface area contributed by atoms with Gasteiger partial charge in [-0.05, 0) is 17.7 Å². The molecule has 0 aliphatic carbocycles. The zero-order valence-corrected chi connectivity index (χ0v) is 11.5. The van der Waals surface area contributed by atoms with Crippen molar-refractivity contribution in [2.24, 2.45) is 5.73 Å². The maximum absolute atomic E-state index is 12.2. The van der Waals surface area contributed by atoms with Crippen LogP contribution in [-0.4, -0.2) is 39.0 Å². The highest BCUT2D eigenvalue weighted by Gasteiger charge is 2.25. The van der Waals surface area contributed by atoms with Crippen molar-refractivity contribution >= 4 is 10.0 Å². The van der Waals surface area contributed by atoms with Gasteiger partial charge < -0.3 is 22.9 Å². The second-order valence-electron chi connectivity index (χ2n) is 3.86. The minimum Gasteiger partial charge on any atom is -1.00 e. The maximum Gasteiger partial charge on any atom is 0.243 e. The normalized spacial score (nSPS) is 17.2. The van der Waals surface area contributed by atoms with Crippen LogP contribution < -0.4 is 18.1 Å². The Hall–Kier alpha value is -0.660. The van der Waals surface area contributed by atoms with Gasteiger partial charge in [0.2, 0.25) is 10.0 Å². The van der Waals surface area contributed by atoms with E-state index in [2.05, 4.69) is 0 Å². The molecule has 102 valence electrons. The first-order chi connectivity index (χ1) is 8.14. The number of morpholine rings is 1. The first kappa shape index (κ1) is 15.4. The van der Waals surface area contributed by atoms with Gasteiger partial charge in [0, 0.05) is 19.6 Å². The van der Waals surface area contributed by atoms with Crippen LogP contribution in [0.25, 0.3) is 0 Å². The zero-order chi connectivity index (χ0) is 12.3. The Kier molecular flexibility index (Phi) is 5.55. The Morgan fingerprint density at radius 3 is 2.22 bits per heavy atom. The highest BCUT2D eigenvalue weighted by atomic mass is 35.5. The van der Waals surface area contributed by atoms with E-state index < -0.39 is 10.0 Å². The van der Waals surface area contributed by atoms with E-state index in [0.29, 0.717) is 37.7 Å². The standard InChI is InChI=1S/C11H16N2O3S.ClH/c12-9-10-1-3-11(4-2-10)17(14,15)13-5-7-16-8-6-13;/h1-4H,5-9,12H2;1H/p-1. The van der Waals surface area contributed by atoms with E-state index >= 15 is 0 Å².